The predicted molar refractivity (Wildman–Crippen MR) is 63.3 cm³/mol. The molecule has 0 unspecified atom stereocenters. The van der Waals surface area contributed by atoms with Gasteiger partial charge >= 0.3 is 0 Å². The molecule has 1 heterocycles. The van der Waals surface area contributed by atoms with E-state index < -0.39 is 0 Å². The summed E-state index contributed by atoms with van der Waals surface area (Å²) >= 11 is 1.71. The standard InChI is InChI=1S/C12H14N2S/c1-3-11-13-14-12(15-11)8-10-6-4-5-9(2)7-10/h4-7H,3,8H2,1-2H3. The van der Waals surface area contributed by atoms with Gasteiger partial charge in [0.25, 0.3) is 0 Å². The van der Waals surface area contributed by atoms with Crippen molar-refractivity contribution in [2.45, 2.75) is 26.7 Å². The van der Waals surface area contributed by atoms with Gasteiger partial charge in [-0.1, -0.05) is 36.8 Å². The molecule has 78 valence electrons. The molecule has 0 radical (unpaired) electrons. The molecule has 0 amide bonds. The molecule has 0 aliphatic heterocycles. The molecule has 0 N–H and O–H groups in total. The van der Waals surface area contributed by atoms with E-state index in [9.17, 15) is 0 Å². The van der Waals surface area contributed by atoms with Gasteiger partial charge in [-0.2, -0.15) is 0 Å². The van der Waals surface area contributed by atoms with E-state index in [0.717, 1.165) is 22.9 Å². The summed E-state index contributed by atoms with van der Waals surface area (Å²) in [6.07, 6.45) is 1.88. The molecule has 2 aromatic rings. The summed E-state index contributed by atoms with van der Waals surface area (Å²) in [6, 6.07) is 8.54. The fourth-order valence-corrected chi connectivity index (χ4v) is 2.32. The Morgan fingerprint density at radius 3 is 2.67 bits per heavy atom. The maximum Gasteiger partial charge on any atom is 0.121 e. The van der Waals surface area contributed by atoms with E-state index in [-0.39, 0.29) is 0 Å². The zero-order valence-electron chi connectivity index (χ0n) is 9.03. The predicted octanol–water partition coefficient (Wildman–Crippen LogP) is 3.00. The zero-order valence-corrected chi connectivity index (χ0v) is 9.84. The van der Waals surface area contributed by atoms with Gasteiger partial charge in [0.15, 0.2) is 0 Å². The highest BCUT2D eigenvalue weighted by Gasteiger charge is 2.03. The van der Waals surface area contributed by atoms with Gasteiger partial charge in [-0.25, -0.2) is 0 Å². The molecule has 2 nitrogen and oxygen atoms in total. The molecular formula is C12H14N2S. The fourth-order valence-electron chi connectivity index (χ4n) is 1.50. The molecule has 0 bridgehead atoms. The highest BCUT2D eigenvalue weighted by molar-refractivity contribution is 7.11. The van der Waals surface area contributed by atoms with Crippen LogP contribution in [0.15, 0.2) is 24.3 Å². The number of hydrogen-bond acceptors (Lipinski definition) is 3. The molecule has 1 aromatic heterocycles. The number of aryl methyl sites for hydroxylation is 2. The Labute approximate surface area is 94.0 Å². The van der Waals surface area contributed by atoms with E-state index >= 15 is 0 Å². The van der Waals surface area contributed by atoms with Crippen LogP contribution in [-0.2, 0) is 12.8 Å². The van der Waals surface area contributed by atoms with Crippen molar-refractivity contribution in [2.24, 2.45) is 0 Å². The second-order valence-corrected chi connectivity index (χ2v) is 4.76. The van der Waals surface area contributed by atoms with E-state index in [4.69, 9.17) is 0 Å². The maximum absolute atomic E-state index is 4.18. The third-order valence-corrected chi connectivity index (χ3v) is 3.32. The molecule has 0 atom stereocenters. The van der Waals surface area contributed by atoms with Crippen molar-refractivity contribution >= 4 is 11.3 Å². The minimum atomic E-state index is 0.902. The van der Waals surface area contributed by atoms with Crippen molar-refractivity contribution in [2.75, 3.05) is 0 Å². The maximum atomic E-state index is 4.18. The highest BCUT2D eigenvalue weighted by Crippen LogP contribution is 2.15. The minimum Gasteiger partial charge on any atom is -0.144 e. The van der Waals surface area contributed by atoms with Crippen LogP contribution in [-0.4, -0.2) is 10.2 Å². The average Bonchev–Trinajstić information content (AvgIpc) is 2.65. The molecular weight excluding hydrogens is 204 g/mol. The molecule has 2 rings (SSSR count). The minimum absolute atomic E-state index is 0.902. The van der Waals surface area contributed by atoms with Crippen LogP contribution < -0.4 is 0 Å². The summed E-state index contributed by atoms with van der Waals surface area (Å²) in [7, 11) is 0. The number of benzene rings is 1. The van der Waals surface area contributed by atoms with Crippen LogP contribution in [0, 0.1) is 6.92 Å². The van der Waals surface area contributed by atoms with Crippen LogP contribution >= 0.6 is 11.3 Å². The summed E-state index contributed by atoms with van der Waals surface area (Å²) in [5.74, 6) is 0. The van der Waals surface area contributed by atoms with Crippen LogP contribution in [0.5, 0.6) is 0 Å². The normalized spacial score (nSPS) is 10.5. The van der Waals surface area contributed by atoms with Crippen molar-refractivity contribution < 1.29 is 0 Å². The van der Waals surface area contributed by atoms with Crippen molar-refractivity contribution in [3.8, 4) is 0 Å². The van der Waals surface area contributed by atoms with E-state index in [0.29, 0.717) is 0 Å². The molecule has 0 saturated carbocycles. The third-order valence-electron chi connectivity index (χ3n) is 2.25. The lowest BCUT2D eigenvalue weighted by molar-refractivity contribution is 0.946. The lowest BCUT2D eigenvalue weighted by Gasteiger charge is -1.98. The van der Waals surface area contributed by atoms with E-state index in [1.165, 1.54) is 11.1 Å². The summed E-state index contributed by atoms with van der Waals surface area (Å²) < 4.78 is 0. The van der Waals surface area contributed by atoms with Crippen LogP contribution in [0.25, 0.3) is 0 Å². The summed E-state index contributed by atoms with van der Waals surface area (Å²) in [5.41, 5.74) is 2.61. The number of hydrogen-bond donors (Lipinski definition) is 0. The summed E-state index contributed by atoms with van der Waals surface area (Å²) in [5, 5.41) is 10.5. The van der Waals surface area contributed by atoms with Crippen LogP contribution in [0.3, 0.4) is 0 Å². The zero-order chi connectivity index (χ0) is 10.7. The topological polar surface area (TPSA) is 25.8 Å². The Morgan fingerprint density at radius 2 is 2.00 bits per heavy atom. The Kier molecular flexibility index (Phi) is 3.11. The fraction of sp³-hybridized carbons (Fsp3) is 0.333. The Hall–Kier alpha value is -1.22. The highest BCUT2D eigenvalue weighted by atomic mass is 32.1. The lowest BCUT2D eigenvalue weighted by Crippen LogP contribution is -1.87. The van der Waals surface area contributed by atoms with Crippen molar-refractivity contribution in [3.05, 3.63) is 45.4 Å². The first-order valence-electron chi connectivity index (χ1n) is 5.14. The average molecular weight is 218 g/mol. The quantitative estimate of drug-likeness (QED) is 0.791. The van der Waals surface area contributed by atoms with Gasteiger partial charge in [-0.15, -0.1) is 21.5 Å². The SMILES string of the molecule is CCc1nnc(Cc2cccc(C)c2)s1. The van der Waals surface area contributed by atoms with Crippen molar-refractivity contribution in [3.63, 3.8) is 0 Å². The molecule has 1 aromatic carbocycles. The van der Waals surface area contributed by atoms with Crippen LogP contribution in [0.4, 0.5) is 0 Å². The Morgan fingerprint density at radius 1 is 1.20 bits per heavy atom. The van der Waals surface area contributed by atoms with Crippen LogP contribution in [0.1, 0.15) is 28.1 Å². The van der Waals surface area contributed by atoms with Gasteiger partial charge in [0, 0.05) is 6.42 Å². The van der Waals surface area contributed by atoms with Gasteiger partial charge in [0.05, 0.1) is 0 Å². The summed E-state index contributed by atoms with van der Waals surface area (Å²) in [4.78, 5) is 0. The monoisotopic (exact) mass is 218 g/mol. The molecule has 0 spiro atoms. The van der Waals surface area contributed by atoms with Gasteiger partial charge in [-0.05, 0) is 18.9 Å². The molecule has 0 aliphatic rings. The first-order chi connectivity index (χ1) is 7.28. The second-order valence-electron chi connectivity index (χ2n) is 3.61. The van der Waals surface area contributed by atoms with Crippen LogP contribution in [0.2, 0.25) is 0 Å². The Bertz CT molecular complexity index is 448. The molecule has 15 heavy (non-hydrogen) atoms. The van der Waals surface area contributed by atoms with Crippen molar-refractivity contribution in [1.82, 2.24) is 10.2 Å². The number of rotatable bonds is 3. The Balaban J connectivity index is 2.14. The summed E-state index contributed by atoms with van der Waals surface area (Å²) in [6.45, 7) is 4.22. The van der Waals surface area contributed by atoms with Gasteiger partial charge in [0.1, 0.15) is 10.0 Å². The molecule has 0 aliphatic carbocycles. The van der Waals surface area contributed by atoms with Crippen molar-refractivity contribution in [1.29, 1.82) is 0 Å². The lowest BCUT2D eigenvalue weighted by atomic mass is 10.1. The second kappa shape index (κ2) is 4.53. The number of nitrogens with zero attached hydrogens (tertiary/aromatic N) is 2. The first-order valence-corrected chi connectivity index (χ1v) is 5.96. The molecule has 0 fully saturated rings. The largest absolute Gasteiger partial charge is 0.144 e. The van der Waals surface area contributed by atoms with E-state index in [1.54, 1.807) is 11.3 Å². The molecule has 3 heteroatoms. The van der Waals surface area contributed by atoms with Gasteiger partial charge < -0.3 is 0 Å². The third kappa shape index (κ3) is 2.63. The first kappa shape index (κ1) is 10.3. The number of aromatic nitrogens is 2. The van der Waals surface area contributed by atoms with Gasteiger partial charge in [-0.3, -0.25) is 0 Å². The smallest absolute Gasteiger partial charge is 0.121 e. The van der Waals surface area contributed by atoms with Gasteiger partial charge in [0.2, 0.25) is 0 Å². The van der Waals surface area contributed by atoms with E-state index in [2.05, 4.69) is 48.3 Å². The van der Waals surface area contributed by atoms with E-state index in [1.807, 2.05) is 0 Å². The molecule has 0 saturated heterocycles.